The molecule has 10 heavy (non-hydrogen) atoms. The van der Waals surface area contributed by atoms with Crippen molar-refractivity contribution in [3.05, 3.63) is 0 Å². The maximum absolute atomic E-state index is 8.92. The molecule has 0 rings (SSSR count). The van der Waals surface area contributed by atoms with Gasteiger partial charge in [0.25, 0.3) is 0 Å². The van der Waals surface area contributed by atoms with Crippen molar-refractivity contribution in [2.75, 3.05) is 13.2 Å². The second kappa shape index (κ2) is 5.65. The van der Waals surface area contributed by atoms with Crippen molar-refractivity contribution in [3.8, 4) is 0 Å². The average Bonchev–Trinajstić information content (AvgIpc) is 1.88. The third kappa shape index (κ3) is 4.73. The van der Waals surface area contributed by atoms with E-state index in [2.05, 4.69) is 0 Å². The largest absolute Gasteiger partial charge is 0.396 e. The highest BCUT2D eigenvalue weighted by atomic mass is 16.3. The molecular formula is C7H16O3. The first-order chi connectivity index (χ1) is 4.70. The third-order valence-corrected chi connectivity index (χ3v) is 1.51. The van der Waals surface area contributed by atoms with Gasteiger partial charge >= 0.3 is 0 Å². The van der Waals surface area contributed by atoms with Crippen LogP contribution in [0.15, 0.2) is 0 Å². The van der Waals surface area contributed by atoms with Gasteiger partial charge in [-0.15, -0.1) is 0 Å². The van der Waals surface area contributed by atoms with Gasteiger partial charge < -0.3 is 15.3 Å². The highest BCUT2D eigenvalue weighted by Gasteiger charge is 2.07. The lowest BCUT2D eigenvalue weighted by molar-refractivity contribution is 0.0724. The Morgan fingerprint density at radius 3 is 2.30 bits per heavy atom. The Labute approximate surface area is 61.3 Å². The van der Waals surface area contributed by atoms with E-state index in [-0.39, 0.29) is 19.1 Å². The molecule has 0 amide bonds. The summed E-state index contributed by atoms with van der Waals surface area (Å²) in [5.74, 6) is 0.284. The van der Waals surface area contributed by atoms with E-state index in [9.17, 15) is 0 Å². The lowest BCUT2D eigenvalue weighted by Crippen LogP contribution is -2.16. The van der Waals surface area contributed by atoms with Gasteiger partial charge in [-0.05, 0) is 18.8 Å². The summed E-state index contributed by atoms with van der Waals surface area (Å²) >= 11 is 0. The number of aliphatic hydroxyl groups excluding tert-OH is 3. The SMILES string of the molecule is C[C@@H](CCO)C[C@@H](O)CO. The maximum atomic E-state index is 8.92. The van der Waals surface area contributed by atoms with Gasteiger partial charge in [0.15, 0.2) is 0 Å². The Bertz CT molecular complexity index is 75.3. The molecule has 0 fully saturated rings. The zero-order valence-corrected chi connectivity index (χ0v) is 6.32. The molecule has 0 unspecified atom stereocenters. The molecular weight excluding hydrogens is 132 g/mol. The van der Waals surface area contributed by atoms with Crippen LogP contribution in [-0.4, -0.2) is 34.6 Å². The number of hydrogen-bond donors (Lipinski definition) is 3. The van der Waals surface area contributed by atoms with Gasteiger partial charge in [-0.25, -0.2) is 0 Å². The standard InChI is InChI=1S/C7H16O3/c1-6(2-3-8)4-7(10)5-9/h6-10H,2-5H2,1H3/t6-,7+/m0/s1. The Morgan fingerprint density at radius 1 is 1.30 bits per heavy atom. The Hall–Kier alpha value is -0.120. The fourth-order valence-corrected chi connectivity index (χ4v) is 0.877. The first-order valence-corrected chi connectivity index (χ1v) is 3.60. The van der Waals surface area contributed by atoms with Crippen LogP contribution in [0.3, 0.4) is 0 Å². The van der Waals surface area contributed by atoms with Crippen molar-refractivity contribution in [3.63, 3.8) is 0 Å². The van der Waals surface area contributed by atoms with Crippen LogP contribution in [0.4, 0.5) is 0 Å². The molecule has 0 aromatic carbocycles. The van der Waals surface area contributed by atoms with Crippen LogP contribution >= 0.6 is 0 Å². The topological polar surface area (TPSA) is 60.7 Å². The van der Waals surface area contributed by atoms with Crippen LogP contribution in [0.25, 0.3) is 0 Å². The number of hydrogen-bond acceptors (Lipinski definition) is 3. The van der Waals surface area contributed by atoms with Gasteiger partial charge in [-0.1, -0.05) is 6.92 Å². The first-order valence-electron chi connectivity index (χ1n) is 3.60. The minimum absolute atomic E-state index is 0.152. The summed E-state index contributed by atoms with van der Waals surface area (Å²) in [7, 11) is 0. The maximum Gasteiger partial charge on any atom is 0.0773 e. The Kier molecular flexibility index (Phi) is 5.58. The number of rotatable bonds is 5. The fourth-order valence-electron chi connectivity index (χ4n) is 0.877. The summed E-state index contributed by atoms with van der Waals surface area (Å²) in [4.78, 5) is 0. The summed E-state index contributed by atoms with van der Waals surface area (Å²) in [6, 6.07) is 0. The molecule has 0 heterocycles. The quantitative estimate of drug-likeness (QED) is 0.504. The first kappa shape index (κ1) is 9.88. The summed E-state index contributed by atoms with van der Waals surface area (Å²) in [6.07, 6.45) is 0.634. The van der Waals surface area contributed by atoms with Gasteiger partial charge in [0.1, 0.15) is 0 Å². The molecule has 0 spiro atoms. The summed E-state index contributed by atoms with van der Waals surface area (Å²) in [6.45, 7) is 1.91. The van der Waals surface area contributed by atoms with Crippen molar-refractivity contribution in [1.82, 2.24) is 0 Å². The Balaban J connectivity index is 3.27. The van der Waals surface area contributed by atoms with Crippen molar-refractivity contribution < 1.29 is 15.3 Å². The van der Waals surface area contributed by atoms with Gasteiger partial charge in [-0.3, -0.25) is 0 Å². The second-order valence-electron chi connectivity index (χ2n) is 2.69. The molecule has 3 N–H and O–H groups in total. The molecule has 2 atom stereocenters. The summed E-state index contributed by atoms with van der Waals surface area (Å²) < 4.78 is 0. The second-order valence-corrected chi connectivity index (χ2v) is 2.69. The van der Waals surface area contributed by atoms with E-state index < -0.39 is 6.10 Å². The van der Waals surface area contributed by atoms with E-state index in [1.807, 2.05) is 6.92 Å². The Morgan fingerprint density at radius 2 is 1.90 bits per heavy atom. The van der Waals surface area contributed by atoms with Crippen molar-refractivity contribution >= 4 is 0 Å². The normalized spacial score (nSPS) is 16.8. The zero-order valence-electron chi connectivity index (χ0n) is 6.32. The van der Waals surface area contributed by atoms with Crippen LogP contribution in [0, 0.1) is 5.92 Å². The van der Waals surface area contributed by atoms with Gasteiger partial charge in [0.05, 0.1) is 12.7 Å². The van der Waals surface area contributed by atoms with Gasteiger partial charge in [-0.2, -0.15) is 0 Å². The lowest BCUT2D eigenvalue weighted by Gasteiger charge is -2.12. The highest BCUT2D eigenvalue weighted by Crippen LogP contribution is 2.08. The zero-order chi connectivity index (χ0) is 7.98. The molecule has 3 nitrogen and oxygen atoms in total. The van der Waals surface area contributed by atoms with E-state index in [0.717, 1.165) is 0 Å². The van der Waals surface area contributed by atoms with Crippen molar-refractivity contribution in [1.29, 1.82) is 0 Å². The van der Waals surface area contributed by atoms with Gasteiger partial charge in [0.2, 0.25) is 0 Å². The summed E-state index contributed by atoms with van der Waals surface area (Å²) in [5.41, 5.74) is 0. The monoisotopic (exact) mass is 148 g/mol. The van der Waals surface area contributed by atoms with E-state index in [0.29, 0.717) is 12.8 Å². The van der Waals surface area contributed by atoms with Crippen LogP contribution < -0.4 is 0 Å². The predicted molar refractivity (Wildman–Crippen MR) is 38.6 cm³/mol. The van der Waals surface area contributed by atoms with Crippen molar-refractivity contribution in [2.45, 2.75) is 25.9 Å². The molecule has 0 aliphatic rings. The lowest BCUT2D eigenvalue weighted by atomic mass is 10.0. The third-order valence-electron chi connectivity index (χ3n) is 1.51. The number of aliphatic hydroxyl groups is 3. The molecule has 0 saturated carbocycles. The van der Waals surface area contributed by atoms with Crippen molar-refractivity contribution in [2.24, 2.45) is 5.92 Å². The highest BCUT2D eigenvalue weighted by molar-refractivity contribution is 4.59. The molecule has 62 valence electrons. The molecule has 0 aromatic rings. The van der Waals surface area contributed by atoms with E-state index >= 15 is 0 Å². The van der Waals surface area contributed by atoms with Crippen LogP contribution in [-0.2, 0) is 0 Å². The van der Waals surface area contributed by atoms with E-state index in [4.69, 9.17) is 15.3 Å². The smallest absolute Gasteiger partial charge is 0.0773 e. The molecule has 0 radical (unpaired) electrons. The minimum atomic E-state index is -0.624. The fraction of sp³-hybridized carbons (Fsp3) is 1.00. The molecule has 3 heteroatoms. The average molecular weight is 148 g/mol. The van der Waals surface area contributed by atoms with E-state index in [1.54, 1.807) is 0 Å². The predicted octanol–water partition coefficient (Wildman–Crippen LogP) is -0.252. The van der Waals surface area contributed by atoms with Crippen LogP contribution in [0.2, 0.25) is 0 Å². The molecule has 0 aliphatic heterocycles. The van der Waals surface area contributed by atoms with Crippen LogP contribution in [0.5, 0.6) is 0 Å². The molecule has 0 aromatic heterocycles. The molecule has 0 saturated heterocycles. The van der Waals surface area contributed by atoms with E-state index in [1.165, 1.54) is 0 Å². The van der Waals surface area contributed by atoms with Gasteiger partial charge in [0, 0.05) is 6.61 Å². The minimum Gasteiger partial charge on any atom is -0.396 e. The summed E-state index contributed by atoms with van der Waals surface area (Å²) in [5, 5.41) is 25.8. The van der Waals surface area contributed by atoms with Crippen LogP contribution in [0.1, 0.15) is 19.8 Å². The molecule has 0 bridgehead atoms. The molecule has 0 aliphatic carbocycles.